The van der Waals surface area contributed by atoms with Crippen LogP contribution in [0.3, 0.4) is 0 Å². The van der Waals surface area contributed by atoms with Crippen molar-refractivity contribution in [3.8, 4) is 0 Å². The molecule has 1 aliphatic heterocycles. The fraction of sp³-hybridized carbons (Fsp3) is 0.688. The minimum absolute atomic E-state index is 0. The van der Waals surface area contributed by atoms with Gasteiger partial charge in [-0.05, 0) is 38.8 Å². The Balaban J connectivity index is 0.00000264. The van der Waals surface area contributed by atoms with E-state index in [2.05, 4.69) is 30.1 Å². The highest BCUT2D eigenvalue weighted by atomic mass is 127. The minimum atomic E-state index is 0. The van der Waals surface area contributed by atoms with Gasteiger partial charge in [-0.25, -0.2) is 0 Å². The van der Waals surface area contributed by atoms with Crippen molar-refractivity contribution in [3.63, 3.8) is 0 Å². The van der Waals surface area contributed by atoms with Crippen molar-refractivity contribution in [2.24, 2.45) is 4.99 Å². The maximum Gasteiger partial charge on any atom is 0.193 e. The number of nitrogens with zero attached hydrogens (tertiary/aromatic N) is 2. The van der Waals surface area contributed by atoms with Gasteiger partial charge in [-0.1, -0.05) is 11.6 Å². The second kappa shape index (κ2) is 11.5. The van der Waals surface area contributed by atoms with E-state index in [9.17, 15) is 0 Å². The van der Waals surface area contributed by atoms with E-state index in [1.807, 2.05) is 6.07 Å². The fourth-order valence-corrected chi connectivity index (χ4v) is 3.73. The second-order valence-electron chi connectivity index (χ2n) is 5.33. The van der Waals surface area contributed by atoms with Crippen LogP contribution in [0.25, 0.3) is 0 Å². The Kier molecular flexibility index (Phi) is 10.5. The van der Waals surface area contributed by atoms with Gasteiger partial charge in [-0.3, -0.25) is 4.99 Å². The van der Waals surface area contributed by atoms with E-state index in [4.69, 9.17) is 21.3 Å². The number of hydrogen-bond acceptors (Lipinski definition) is 3. The highest BCUT2D eigenvalue weighted by Crippen LogP contribution is 2.21. The Morgan fingerprint density at radius 3 is 2.70 bits per heavy atom. The Morgan fingerprint density at radius 1 is 1.39 bits per heavy atom. The standard InChI is InChI=1S/C16H26ClN3OS.HI/c1-3-18-16(19-10-7-14-5-6-15(17)22-14)20-11-8-13(9-12-20)21-4-2;/h5-6,13H,3-4,7-12H2,1-2H3,(H,18,19);1H. The predicted molar refractivity (Wildman–Crippen MR) is 111 cm³/mol. The fourth-order valence-electron chi connectivity index (χ4n) is 2.65. The summed E-state index contributed by atoms with van der Waals surface area (Å²) in [6, 6.07) is 4.04. The summed E-state index contributed by atoms with van der Waals surface area (Å²) in [6.07, 6.45) is 3.52. The lowest BCUT2D eigenvalue weighted by Gasteiger charge is -2.34. The predicted octanol–water partition coefficient (Wildman–Crippen LogP) is 4.03. The maximum absolute atomic E-state index is 5.96. The molecule has 0 bridgehead atoms. The van der Waals surface area contributed by atoms with E-state index in [1.54, 1.807) is 11.3 Å². The second-order valence-corrected chi connectivity index (χ2v) is 7.13. The van der Waals surface area contributed by atoms with Crippen molar-refractivity contribution in [1.82, 2.24) is 10.2 Å². The Hall–Kier alpha value is -0.0500. The number of hydrogen-bond donors (Lipinski definition) is 1. The summed E-state index contributed by atoms with van der Waals surface area (Å²) < 4.78 is 6.56. The molecule has 23 heavy (non-hydrogen) atoms. The van der Waals surface area contributed by atoms with Gasteiger partial charge in [0.05, 0.1) is 10.4 Å². The first-order chi connectivity index (χ1) is 10.7. The first-order valence-corrected chi connectivity index (χ1v) is 9.31. The summed E-state index contributed by atoms with van der Waals surface area (Å²) in [4.78, 5) is 8.41. The molecule has 2 heterocycles. The monoisotopic (exact) mass is 471 g/mol. The molecule has 0 aromatic carbocycles. The molecule has 0 amide bonds. The third-order valence-electron chi connectivity index (χ3n) is 3.73. The third-order valence-corrected chi connectivity index (χ3v) is 5.02. The zero-order valence-corrected chi connectivity index (χ0v) is 17.8. The topological polar surface area (TPSA) is 36.9 Å². The number of aliphatic imine (C=N–C) groups is 1. The van der Waals surface area contributed by atoms with Crippen molar-refractivity contribution in [1.29, 1.82) is 0 Å². The van der Waals surface area contributed by atoms with Crippen molar-refractivity contribution in [2.45, 2.75) is 39.2 Å². The number of rotatable bonds is 6. The van der Waals surface area contributed by atoms with E-state index in [1.165, 1.54) is 4.88 Å². The van der Waals surface area contributed by atoms with Gasteiger partial charge in [-0.15, -0.1) is 35.3 Å². The molecular weight excluding hydrogens is 445 g/mol. The highest BCUT2D eigenvalue weighted by molar-refractivity contribution is 14.0. The van der Waals surface area contributed by atoms with Crippen molar-refractivity contribution in [3.05, 3.63) is 21.3 Å². The number of thiophene rings is 1. The molecule has 1 N–H and O–H groups in total. The minimum Gasteiger partial charge on any atom is -0.378 e. The van der Waals surface area contributed by atoms with Gasteiger partial charge in [0.2, 0.25) is 0 Å². The maximum atomic E-state index is 5.96. The summed E-state index contributed by atoms with van der Waals surface area (Å²) in [6.45, 7) is 8.71. The SMILES string of the molecule is CCNC(=NCCc1ccc(Cl)s1)N1CCC(OCC)CC1.I. The molecule has 2 rings (SSSR count). The number of nitrogens with one attached hydrogen (secondary N) is 1. The number of halogens is 2. The summed E-state index contributed by atoms with van der Waals surface area (Å²) in [7, 11) is 0. The molecule has 4 nitrogen and oxygen atoms in total. The molecule has 0 atom stereocenters. The van der Waals surface area contributed by atoms with Crippen molar-refractivity contribution < 1.29 is 4.74 Å². The lowest BCUT2D eigenvalue weighted by Crippen LogP contribution is -2.47. The molecule has 0 unspecified atom stereocenters. The van der Waals surface area contributed by atoms with E-state index in [-0.39, 0.29) is 24.0 Å². The Bertz CT molecular complexity index is 476. The molecular formula is C16H27ClIN3OS. The van der Waals surface area contributed by atoms with Gasteiger partial charge in [-0.2, -0.15) is 0 Å². The zero-order valence-electron chi connectivity index (χ0n) is 13.9. The van der Waals surface area contributed by atoms with Crippen LogP contribution >= 0.6 is 46.9 Å². The zero-order chi connectivity index (χ0) is 15.8. The van der Waals surface area contributed by atoms with Crippen LogP contribution in [0, 0.1) is 0 Å². The number of likely N-dealkylation sites (tertiary alicyclic amines) is 1. The van der Waals surface area contributed by atoms with Crippen LogP contribution in [0.15, 0.2) is 17.1 Å². The number of piperidine rings is 1. The van der Waals surface area contributed by atoms with E-state index >= 15 is 0 Å². The first-order valence-electron chi connectivity index (χ1n) is 8.12. The van der Waals surface area contributed by atoms with Crippen molar-refractivity contribution in [2.75, 3.05) is 32.8 Å². The Labute approximate surface area is 165 Å². The van der Waals surface area contributed by atoms with Gasteiger partial charge < -0.3 is 15.0 Å². The molecule has 1 aromatic rings. The van der Waals surface area contributed by atoms with Gasteiger partial charge in [0.1, 0.15) is 0 Å². The van der Waals surface area contributed by atoms with Gasteiger partial charge in [0.15, 0.2) is 5.96 Å². The van der Waals surface area contributed by atoms with Crippen LogP contribution < -0.4 is 5.32 Å². The Morgan fingerprint density at radius 2 is 2.13 bits per heavy atom. The molecule has 0 saturated carbocycles. The van der Waals surface area contributed by atoms with Gasteiger partial charge >= 0.3 is 0 Å². The summed E-state index contributed by atoms with van der Waals surface area (Å²) in [5.74, 6) is 1.03. The molecule has 0 spiro atoms. The molecule has 1 fully saturated rings. The number of guanidine groups is 1. The normalized spacial score (nSPS) is 16.3. The molecule has 0 aliphatic carbocycles. The third kappa shape index (κ3) is 7.15. The summed E-state index contributed by atoms with van der Waals surface area (Å²) in [5, 5.41) is 3.40. The van der Waals surface area contributed by atoms with Gasteiger partial charge in [0.25, 0.3) is 0 Å². The molecule has 1 aliphatic rings. The van der Waals surface area contributed by atoms with E-state index in [0.29, 0.717) is 6.10 Å². The van der Waals surface area contributed by atoms with E-state index < -0.39 is 0 Å². The average Bonchev–Trinajstić information content (AvgIpc) is 2.93. The highest BCUT2D eigenvalue weighted by Gasteiger charge is 2.21. The van der Waals surface area contributed by atoms with Crippen LogP contribution in [-0.4, -0.2) is 49.7 Å². The largest absolute Gasteiger partial charge is 0.378 e. The average molecular weight is 472 g/mol. The lowest BCUT2D eigenvalue weighted by atomic mass is 10.1. The molecule has 132 valence electrons. The molecule has 1 aromatic heterocycles. The number of ether oxygens (including phenoxy) is 1. The lowest BCUT2D eigenvalue weighted by molar-refractivity contribution is 0.0264. The van der Waals surface area contributed by atoms with Crippen molar-refractivity contribution >= 4 is 52.9 Å². The quantitative estimate of drug-likeness (QED) is 0.387. The first kappa shape index (κ1) is 21.0. The summed E-state index contributed by atoms with van der Waals surface area (Å²) >= 11 is 7.60. The molecule has 0 radical (unpaired) electrons. The van der Waals surface area contributed by atoms with Crippen LogP contribution in [-0.2, 0) is 11.2 Å². The van der Waals surface area contributed by atoms with Gasteiger partial charge in [0, 0.05) is 44.1 Å². The van der Waals surface area contributed by atoms with Crippen LogP contribution in [0.5, 0.6) is 0 Å². The summed E-state index contributed by atoms with van der Waals surface area (Å²) in [5.41, 5.74) is 0. The van der Waals surface area contributed by atoms with E-state index in [0.717, 1.165) is 62.3 Å². The molecule has 1 saturated heterocycles. The van der Waals surface area contributed by atoms with Crippen LogP contribution in [0.4, 0.5) is 0 Å². The molecule has 7 heteroatoms. The smallest absolute Gasteiger partial charge is 0.193 e. The van der Waals surface area contributed by atoms with Crippen LogP contribution in [0.1, 0.15) is 31.6 Å². The van der Waals surface area contributed by atoms with Crippen LogP contribution in [0.2, 0.25) is 4.34 Å².